The van der Waals surface area contributed by atoms with Gasteiger partial charge in [0, 0.05) is 13.1 Å². The SMILES string of the molecule is CCn1c(-c2c(F)cccc2F)c(C(=O)O)cc(Cl)c1=O.CCn1c(-c2c(F)cccc2F)c(NC(=O)OC(C)(C)C)cc(Cl)c1=O. The molecule has 0 bridgehead atoms. The Bertz CT molecular complexity index is 1930. The fraction of sp³-hybridized carbons (Fsp3) is 0.250. The van der Waals surface area contributed by atoms with Gasteiger partial charge in [-0.15, -0.1) is 0 Å². The molecule has 4 aromatic rings. The van der Waals surface area contributed by atoms with Crippen molar-refractivity contribution in [2.45, 2.75) is 53.3 Å². The molecule has 0 unspecified atom stereocenters. The van der Waals surface area contributed by atoms with E-state index in [1.54, 1.807) is 34.6 Å². The average molecular weight is 698 g/mol. The van der Waals surface area contributed by atoms with Crippen molar-refractivity contribution in [2.75, 3.05) is 5.32 Å². The van der Waals surface area contributed by atoms with Crippen LogP contribution < -0.4 is 16.4 Å². The molecule has 0 atom stereocenters. The molecule has 0 aliphatic rings. The van der Waals surface area contributed by atoms with Gasteiger partial charge in [-0.2, -0.15) is 0 Å². The summed E-state index contributed by atoms with van der Waals surface area (Å²) in [5, 5.41) is 11.1. The number of aromatic nitrogens is 2. The van der Waals surface area contributed by atoms with E-state index in [4.69, 9.17) is 27.9 Å². The number of pyridine rings is 2. The van der Waals surface area contributed by atoms with Crippen LogP contribution >= 0.6 is 23.2 Å². The van der Waals surface area contributed by atoms with Crippen molar-refractivity contribution in [2.24, 2.45) is 0 Å². The highest BCUT2D eigenvalue weighted by molar-refractivity contribution is 6.31. The molecular weight excluding hydrogens is 669 g/mol. The molecule has 0 saturated carbocycles. The van der Waals surface area contributed by atoms with Crippen LogP contribution in [0.25, 0.3) is 22.5 Å². The molecule has 47 heavy (non-hydrogen) atoms. The number of nitrogens with one attached hydrogen (secondary N) is 1. The van der Waals surface area contributed by atoms with Crippen molar-refractivity contribution in [1.29, 1.82) is 0 Å². The minimum atomic E-state index is -1.43. The summed E-state index contributed by atoms with van der Waals surface area (Å²) in [7, 11) is 0. The first-order chi connectivity index (χ1) is 21.9. The number of aromatic carboxylic acids is 1. The van der Waals surface area contributed by atoms with Crippen LogP contribution in [0.2, 0.25) is 10.0 Å². The maximum atomic E-state index is 14.3. The molecule has 2 aromatic heterocycles. The number of ether oxygens (including phenoxy) is 1. The predicted molar refractivity (Wildman–Crippen MR) is 170 cm³/mol. The van der Waals surface area contributed by atoms with Crippen LogP contribution in [-0.2, 0) is 17.8 Å². The number of carboxylic acid groups (broad SMARTS) is 1. The number of anilines is 1. The summed E-state index contributed by atoms with van der Waals surface area (Å²) in [5.74, 6) is -5.10. The van der Waals surface area contributed by atoms with E-state index < -0.39 is 68.7 Å². The van der Waals surface area contributed by atoms with E-state index in [2.05, 4.69) is 5.32 Å². The van der Waals surface area contributed by atoms with Crippen molar-refractivity contribution in [3.63, 3.8) is 0 Å². The topological polar surface area (TPSA) is 120 Å². The third-order valence-electron chi connectivity index (χ3n) is 6.39. The number of carboxylic acids is 1. The molecule has 1 amide bonds. The number of carbonyl (C=O) groups excluding carboxylic acids is 1. The summed E-state index contributed by atoms with van der Waals surface area (Å²) in [6, 6.07) is 8.52. The van der Waals surface area contributed by atoms with Crippen LogP contribution in [0.15, 0.2) is 58.1 Å². The van der Waals surface area contributed by atoms with Gasteiger partial charge in [0.05, 0.1) is 33.8 Å². The fourth-order valence-corrected chi connectivity index (χ4v) is 4.95. The van der Waals surface area contributed by atoms with Crippen LogP contribution in [0, 0.1) is 23.3 Å². The molecule has 9 nitrogen and oxygen atoms in total. The standard InChI is InChI=1S/C18H19ClF2N2O3.C14H10ClF2NO3/c1-5-23-15(14-11(20)7-6-8-12(14)21)13(9-10(19)16(23)24)22-17(25)26-18(2,3)4;1-2-18-12(11-9(16)4-3-5-10(11)17)7(14(20)21)6-8(15)13(18)19/h6-9H,5H2,1-4H3,(H,22,25);3-6H,2H2,1H3,(H,20,21). The third-order valence-corrected chi connectivity index (χ3v) is 6.93. The zero-order chi connectivity index (χ0) is 35.4. The number of hydrogen-bond acceptors (Lipinski definition) is 5. The minimum absolute atomic E-state index is 0.0166. The van der Waals surface area contributed by atoms with Crippen molar-refractivity contribution in [1.82, 2.24) is 9.13 Å². The third kappa shape index (κ3) is 8.22. The van der Waals surface area contributed by atoms with Gasteiger partial charge in [0.25, 0.3) is 11.1 Å². The molecule has 0 aliphatic heterocycles. The van der Waals surface area contributed by atoms with Crippen LogP contribution in [0.4, 0.5) is 28.0 Å². The maximum Gasteiger partial charge on any atom is 0.412 e. The average Bonchev–Trinajstić information content (AvgIpc) is 2.96. The van der Waals surface area contributed by atoms with Crippen molar-refractivity contribution < 1.29 is 37.0 Å². The minimum Gasteiger partial charge on any atom is -0.478 e. The van der Waals surface area contributed by atoms with E-state index in [0.717, 1.165) is 51.6 Å². The van der Waals surface area contributed by atoms with Crippen molar-refractivity contribution in [3.05, 3.63) is 108 Å². The molecule has 2 N–H and O–H groups in total. The second kappa shape index (κ2) is 14.9. The van der Waals surface area contributed by atoms with E-state index >= 15 is 0 Å². The van der Waals surface area contributed by atoms with Gasteiger partial charge in [0.15, 0.2) is 0 Å². The van der Waals surface area contributed by atoms with Gasteiger partial charge in [0.2, 0.25) is 0 Å². The monoisotopic (exact) mass is 697 g/mol. The lowest BCUT2D eigenvalue weighted by molar-refractivity contribution is 0.0634. The van der Waals surface area contributed by atoms with Gasteiger partial charge in [-0.1, -0.05) is 35.3 Å². The van der Waals surface area contributed by atoms with E-state index in [0.29, 0.717) is 0 Å². The van der Waals surface area contributed by atoms with Gasteiger partial charge in [-0.3, -0.25) is 14.9 Å². The smallest absolute Gasteiger partial charge is 0.412 e. The number of nitrogens with zero attached hydrogens (tertiary/aromatic N) is 2. The number of halogens is 6. The molecule has 2 heterocycles. The molecule has 4 rings (SSSR count). The van der Waals surface area contributed by atoms with Gasteiger partial charge in [0.1, 0.15) is 38.9 Å². The Kier molecular flexibility index (Phi) is 11.7. The number of hydrogen-bond donors (Lipinski definition) is 2. The molecule has 250 valence electrons. The molecule has 15 heteroatoms. The molecule has 0 aliphatic carbocycles. The molecule has 0 saturated heterocycles. The zero-order valence-corrected chi connectivity index (χ0v) is 27.2. The lowest BCUT2D eigenvalue weighted by atomic mass is 10.0. The lowest BCUT2D eigenvalue weighted by Crippen LogP contribution is -2.29. The number of rotatable bonds is 6. The molecule has 0 fully saturated rings. The summed E-state index contributed by atoms with van der Waals surface area (Å²) >= 11 is 11.6. The Hall–Kier alpha value is -4.62. The Labute approximate surface area is 275 Å². The lowest BCUT2D eigenvalue weighted by Gasteiger charge is -2.22. The van der Waals surface area contributed by atoms with E-state index in [1.165, 1.54) is 6.07 Å². The summed E-state index contributed by atoms with van der Waals surface area (Å²) in [6.07, 6.45) is -0.840. The van der Waals surface area contributed by atoms with Crippen LogP contribution in [-0.4, -0.2) is 31.9 Å². The van der Waals surface area contributed by atoms with Gasteiger partial charge in [-0.25, -0.2) is 27.2 Å². The summed E-state index contributed by atoms with van der Waals surface area (Å²) in [4.78, 5) is 47.8. The van der Waals surface area contributed by atoms with Gasteiger partial charge in [-0.05, 0) is 71.0 Å². The first-order valence-corrected chi connectivity index (χ1v) is 14.7. The van der Waals surface area contributed by atoms with Crippen LogP contribution in [0.5, 0.6) is 0 Å². The second-order valence-electron chi connectivity index (χ2n) is 10.7. The number of amides is 1. The fourth-order valence-electron chi connectivity index (χ4n) is 4.53. The Morgan fingerprint density at radius 2 is 1.19 bits per heavy atom. The number of carbonyl (C=O) groups is 2. The first kappa shape index (κ1) is 36.8. The van der Waals surface area contributed by atoms with Crippen molar-refractivity contribution >= 4 is 41.0 Å². The Morgan fingerprint density at radius 1 is 0.787 bits per heavy atom. The highest BCUT2D eigenvalue weighted by Gasteiger charge is 2.25. The molecule has 0 spiro atoms. The molecule has 2 aromatic carbocycles. The first-order valence-electron chi connectivity index (χ1n) is 13.9. The number of benzene rings is 2. The second-order valence-corrected chi connectivity index (χ2v) is 11.5. The van der Waals surface area contributed by atoms with Crippen LogP contribution in [0.3, 0.4) is 0 Å². The predicted octanol–water partition coefficient (Wildman–Crippen LogP) is 7.98. The summed E-state index contributed by atoms with van der Waals surface area (Å²) in [6.45, 7) is 8.29. The van der Waals surface area contributed by atoms with E-state index in [-0.39, 0.29) is 40.2 Å². The highest BCUT2D eigenvalue weighted by Crippen LogP contribution is 2.33. The summed E-state index contributed by atoms with van der Waals surface area (Å²) in [5.41, 5.74) is -4.04. The maximum absolute atomic E-state index is 14.3. The largest absolute Gasteiger partial charge is 0.478 e. The van der Waals surface area contributed by atoms with Crippen LogP contribution in [0.1, 0.15) is 45.0 Å². The normalized spacial score (nSPS) is 11.0. The zero-order valence-electron chi connectivity index (χ0n) is 25.7. The quantitative estimate of drug-likeness (QED) is 0.197. The van der Waals surface area contributed by atoms with E-state index in [1.807, 2.05) is 0 Å². The Balaban J connectivity index is 0.000000261. The molecular formula is C32H29Cl2F4N3O6. The summed E-state index contributed by atoms with van der Waals surface area (Å²) < 4.78 is 63.8. The Morgan fingerprint density at radius 3 is 1.60 bits per heavy atom. The molecule has 0 radical (unpaired) electrons. The highest BCUT2D eigenvalue weighted by atomic mass is 35.5. The van der Waals surface area contributed by atoms with Gasteiger partial charge < -0.3 is 19.0 Å². The van der Waals surface area contributed by atoms with Gasteiger partial charge >= 0.3 is 12.1 Å². The van der Waals surface area contributed by atoms with E-state index in [9.17, 15) is 41.8 Å². The van der Waals surface area contributed by atoms with Crippen molar-refractivity contribution in [3.8, 4) is 22.5 Å².